The van der Waals surface area contributed by atoms with Crippen LogP contribution in [0, 0.1) is 34.7 Å². The third kappa shape index (κ3) is 5.74. The zero-order valence-corrected chi connectivity index (χ0v) is 19.4. The minimum atomic E-state index is -1.15. The number of nitriles is 1. The number of carbonyl (C=O) groups is 1. The number of esters is 1. The van der Waals surface area contributed by atoms with Crippen LogP contribution in [0.2, 0.25) is 0 Å². The smallest absolute Gasteiger partial charge is 0.346 e. The number of hydrogen-bond donors (Lipinski definition) is 0. The van der Waals surface area contributed by atoms with Crippen molar-refractivity contribution < 1.29 is 22.7 Å². The molecule has 0 N–H and O–H groups in total. The van der Waals surface area contributed by atoms with Crippen LogP contribution in [0.15, 0.2) is 60.7 Å². The van der Waals surface area contributed by atoms with Crippen LogP contribution < -0.4 is 4.74 Å². The number of benzene rings is 3. The molecule has 180 valence electrons. The molecule has 3 nitrogen and oxygen atoms in total. The Labute approximate surface area is 203 Å². The van der Waals surface area contributed by atoms with Crippen LogP contribution in [0.1, 0.15) is 77.9 Å². The molecule has 0 aromatic heterocycles. The monoisotopic (exact) mass is 477 g/mol. The summed E-state index contributed by atoms with van der Waals surface area (Å²) in [6, 6.07) is 17.8. The van der Waals surface area contributed by atoms with E-state index in [2.05, 4.69) is 31.2 Å². The van der Waals surface area contributed by atoms with Gasteiger partial charge in [-0.05, 0) is 73.1 Å². The molecule has 1 unspecified atom stereocenters. The summed E-state index contributed by atoms with van der Waals surface area (Å²) in [5.41, 5.74) is 1.10. The van der Waals surface area contributed by atoms with E-state index in [0.717, 1.165) is 49.8 Å². The predicted molar refractivity (Wildman–Crippen MR) is 127 cm³/mol. The van der Waals surface area contributed by atoms with Gasteiger partial charge >= 0.3 is 5.97 Å². The average molecular weight is 478 g/mol. The van der Waals surface area contributed by atoms with Gasteiger partial charge in [-0.1, -0.05) is 43.3 Å². The van der Waals surface area contributed by atoms with Crippen LogP contribution in [0.25, 0.3) is 0 Å². The second kappa shape index (κ2) is 10.8. The van der Waals surface area contributed by atoms with Crippen LogP contribution >= 0.6 is 0 Å². The van der Waals surface area contributed by atoms with Gasteiger partial charge in [0.2, 0.25) is 0 Å². The minimum absolute atomic E-state index is 0.222. The number of rotatable bonds is 6. The predicted octanol–water partition coefficient (Wildman–Crippen LogP) is 7.66. The molecule has 1 fully saturated rings. The SMILES string of the molecule is CC(CC1CCC(c2ccc(C(=O)Oc3cc(F)c(C#N)c(F)c3)c(F)c2)CC1)c1ccccc1. The number of ether oxygens (including phenoxy) is 1. The fourth-order valence-corrected chi connectivity index (χ4v) is 4.98. The molecule has 6 heteroatoms. The third-order valence-electron chi connectivity index (χ3n) is 6.92. The Bertz CT molecular complexity index is 1220. The van der Waals surface area contributed by atoms with E-state index in [1.807, 2.05) is 6.07 Å². The molecule has 0 amide bonds. The van der Waals surface area contributed by atoms with Gasteiger partial charge < -0.3 is 4.74 Å². The van der Waals surface area contributed by atoms with Gasteiger partial charge in [0.1, 0.15) is 34.8 Å². The van der Waals surface area contributed by atoms with Gasteiger partial charge in [0.05, 0.1) is 5.56 Å². The highest BCUT2D eigenvalue weighted by molar-refractivity contribution is 5.91. The average Bonchev–Trinajstić information content (AvgIpc) is 2.84. The molecule has 0 heterocycles. The first-order valence-electron chi connectivity index (χ1n) is 11.8. The standard InChI is InChI=1S/C29H26F3NO2/c1-18(20-5-3-2-4-6-20)13-19-7-9-21(10-8-19)22-11-12-24(26(30)14-22)29(34)35-23-15-27(31)25(17-33)28(32)16-23/h2-6,11-12,14-16,18-19,21H,7-10,13H2,1H3. The van der Waals surface area contributed by atoms with Gasteiger partial charge in [0, 0.05) is 12.1 Å². The van der Waals surface area contributed by atoms with E-state index in [-0.39, 0.29) is 11.5 Å². The topological polar surface area (TPSA) is 50.1 Å². The molecule has 3 aromatic rings. The van der Waals surface area contributed by atoms with Gasteiger partial charge in [-0.15, -0.1) is 0 Å². The molecule has 0 bridgehead atoms. The van der Waals surface area contributed by atoms with Gasteiger partial charge in [0.25, 0.3) is 0 Å². The molecule has 35 heavy (non-hydrogen) atoms. The molecule has 1 saturated carbocycles. The Kier molecular flexibility index (Phi) is 7.55. The van der Waals surface area contributed by atoms with Gasteiger partial charge in [0.15, 0.2) is 0 Å². The van der Waals surface area contributed by atoms with Crippen molar-refractivity contribution in [3.05, 3.63) is 100 Å². The summed E-state index contributed by atoms with van der Waals surface area (Å²) in [5, 5.41) is 8.73. The Hall–Kier alpha value is -3.59. The number of hydrogen-bond acceptors (Lipinski definition) is 3. The van der Waals surface area contributed by atoms with Crippen molar-refractivity contribution in [2.75, 3.05) is 0 Å². The highest BCUT2D eigenvalue weighted by atomic mass is 19.1. The maximum absolute atomic E-state index is 14.8. The number of carbonyl (C=O) groups excluding carboxylic acids is 1. The van der Waals surface area contributed by atoms with Crippen LogP contribution in [0.4, 0.5) is 13.2 Å². The molecule has 0 aliphatic heterocycles. The first-order valence-corrected chi connectivity index (χ1v) is 11.8. The third-order valence-corrected chi connectivity index (χ3v) is 6.92. The van der Waals surface area contributed by atoms with Gasteiger partial charge in [-0.2, -0.15) is 5.26 Å². The van der Waals surface area contributed by atoms with Crippen LogP contribution in [0.5, 0.6) is 5.75 Å². The highest BCUT2D eigenvalue weighted by Crippen LogP contribution is 2.40. The molecular weight excluding hydrogens is 451 g/mol. The van der Waals surface area contributed by atoms with E-state index in [1.165, 1.54) is 23.8 Å². The van der Waals surface area contributed by atoms with Crippen molar-refractivity contribution >= 4 is 5.97 Å². The molecule has 1 aliphatic carbocycles. The molecule has 1 atom stereocenters. The maximum atomic E-state index is 14.8. The Morgan fingerprint density at radius 1 is 0.971 bits per heavy atom. The summed E-state index contributed by atoms with van der Waals surface area (Å²) >= 11 is 0. The molecule has 0 spiro atoms. The van der Waals surface area contributed by atoms with Crippen molar-refractivity contribution in [2.24, 2.45) is 5.92 Å². The maximum Gasteiger partial charge on any atom is 0.346 e. The Balaban J connectivity index is 1.36. The van der Waals surface area contributed by atoms with Crippen LogP contribution in [-0.2, 0) is 0 Å². The normalized spacial score (nSPS) is 18.5. The van der Waals surface area contributed by atoms with E-state index < -0.39 is 34.7 Å². The lowest BCUT2D eigenvalue weighted by Crippen LogP contribution is -2.16. The summed E-state index contributed by atoms with van der Waals surface area (Å²) in [4.78, 5) is 12.4. The van der Waals surface area contributed by atoms with Gasteiger partial charge in [-0.3, -0.25) is 0 Å². The summed E-state index contributed by atoms with van der Waals surface area (Å²) < 4.78 is 47.2. The largest absolute Gasteiger partial charge is 0.423 e. The lowest BCUT2D eigenvalue weighted by atomic mass is 9.75. The van der Waals surface area contributed by atoms with Crippen molar-refractivity contribution in [1.29, 1.82) is 5.26 Å². The first kappa shape index (κ1) is 24.5. The van der Waals surface area contributed by atoms with E-state index in [0.29, 0.717) is 11.8 Å². The lowest BCUT2D eigenvalue weighted by molar-refractivity contribution is 0.0729. The molecule has 0 radical (unpaired) electrons. The van der Waals surface area contributed by atoms with E-state index in [4.69, 9.17) is 10.00 Å². The van der Waals surface area contributed by atoms with E-state index >= 15 is 0 Å². The Morgan fingerprint density at radius 3 is 2.23 bits per heavy atom. The number of halogens is 3. The quantitative estimate of drug-likeness (QED) is 0.270. The zero-order valence-electron chi connectivity index (χ0n) is 19.4. The van der Waals surface area contributed by atoms with Gasteiger partial charge in [-0.25, -0.2) is 18.0 Å². The molecular formula is C29H26F3NO2. The summed E-state index contributed by atoms with van der Waals surface area (Å²) in [5.74, 6) is -3.18. The minimum Gasteiger partial charge on any atom is -0.423 e. The van der Waals surface area contributed by atoms with Crippen LogP contribution in [-0.4, -0.2) is 5.97 Å². The summed E-state index contributed by atoms with van der Waals surface area (Å²) in [6.07, 6.45) is 5.19. The first-order chi connectivity index (χ1) is 16.9. The molecule has 0 saturated heterocycles. The number of nitrogens with zero attached hydrogens (tertiary/aromatic N) is 1. The molecule has 1 aliphatic rings. The Morgan fingerprint density at radius 2 is 1.63 bits per heavy atom. The highest BCUT2D eigenvalue weighted by Gasteiger charge is 2.25. The lowest BCUT2D eigenvalue weighted by Gasteiger charge is -2.30. The molecule has 3 aromatic carbocycles. The second-order valence-electron chi connectivity index (χ2n) is 9.27. The van der Waals surface area contributed by atoms with E-state index in [1.54, 1.807) is 6.07 Å². The summed E-state index contributed by atoms with van der Waals surface area (Å²) in [6.45, 7) is 2.26. The summed E-state index contributed by atoms with van der Waals surface area (Å²) in [7, 11) is 0. The van der Waals surface area contributed by atoms with Crippen molar-refractivity contribution in [3.63, 3.8) is 0 Å². The fourth-order valence-electron chi connectivity index (χ4n) is 4.98. The van der Waals surface area contributed by atoms with Crippen molar-refractivity contribution in [3.8, 4) is 11.8 Å². The fraction of sp³-hybridized carbons (Fsp3) is 0.310. The zero-order chi connectivity index (χ0) is 24.9. The van der Waals surface area contributed by atoms with E-state index in [9.17, 15) is 18.0 Å². The second-order valence-corrected chi connectivity index (χ2v) is 9.27. The van der Waals surface area contributed by atoms with Crippen molar-refractivity contribution in [1.82, 2.24) is 0 Å². The molecule has 4 rings (SSSR count). The van der Waals surface area contributed by atoms with Crippen LogP contribution in [0.3, 0.4) is 0 Å². The van der Waals surface area contributed by atoms with Crippen molar-refractivity contribution in [2.45, 2.75) is 50.9 Å².